The molecule has 0 N–H and O–H groups in total. The summed E-state index contributed by atoms with van der Waals surface area (Å²) in [6.07, 6.45) is 0. The largest absolute Gasteiger partial charge is 0.465 e. The summed E-state index contributed by atoms with van der Waals surface area (Å²) in [4.78, 5) is 14.0. The molecule has 0 aromatic heterocycles. The number of halogens is 2. The van der Waals surface area contributed by atoms with Gasteiger partial charge in [-0.25, -0.2) is 9.37 Å². The average Bonchev–Trinajstić information content (AvgIpc) is 2.76. The second-order valence-corrected chi connectivity index (χ2v) is 9.64. The molecule has 164 valence electrons. The highest BCUT2D eigenvalue weighted by Gasteiger charge is 2.21. The van der Waals surface area contributed by atoms with Crippen LogP contribution in [0.25, 0.3) is 33.4 Å². The molecule has 1 aliphatic heterocycles. The Morgan fingerprint density at radius 2 is 1.69 bits per heavy atom. The summed E-state index contributed by atoms with van der Waals surface area (Å²) < 4.78 is 15.2. The van der Waals surface area contributed by atoms with Gasteiger partial charge in [-0.05, 0) is 61.7 Å². The van der Waals surface area contributed by atoms with Crippen molar-refractivity contribution < 1.29 is 13.9 Å². The first-order valence-electron chi connectivity index (χ1n) is 9.97. The number of ether oxygens (including phenoxy) is 1. The number of benzene rings is 3. The summed E-state index contributed by atoms with van der Waals surface area (Å²) in [5, 5.41) is 2.00. The van der Waals surface area contributed by atoms with E-state index in [1.807, 2.05) is 61.9 Å². The topological polar surface area (TPSA) is 45.7 Å². The highest BCUT2D eigenvalue weighted by molar-refractivity contribution is 9.10. The molecule has 1 heterocycles. The second kappa shape index (κ2) is 8.71. The van der Waals surface area contributed by atoms with Crippen molar-refractivity contribution >= 4 is 54.5 Å². The lowest BCUT2D eigenvalue weighted by atomic mass is 9.93. The summed E-state index contributed by atoms with van der Waals surface area (Å²) in [5.74, 6) is 0.425. The molecule has 0 radical (unpaired) electrons. The van der Waals surface area contributed by atoms with Gasteiger partial charge in [-0.2, -0.15) is 0 Å². The second-order valence-electron chi connectivity index (χ2n) is 7.93. The Hall–Kier alpha value is -2.64. The van der Waals surface area contributed by atoms with Crippen LogP contribution >= 0.6 is 31.9 Å². The highest BCUT2D eigenvalue weighted by atomic mass is 79.9. The van der Waals surface area contributed by atoms with Gasteiger partial charge in [0.25, 0.3) is 0 Å². The van der Waals surface area contributed by atoms with Gasteiger partial charge >= 0.3 is 5.97 Å². The molecule has 0 atom stereocenters. The fraction of sp³-hybridized carbons (Fsp3) is 0.200. The van der Waals surface area contributed by atoms with Crippen LogP contribution in [-0.4, -0.2) is 41.3 Å². The van der Waals surface area contributed by atoms with E-state index in [2.05, 4.69) is 44.0 Å². The average molecular weight is 559 g/mol. The van der Waals surface area contributed by atoms with E-state index < -0.39 is 0 Å². The predicted octanol–water partition coefficient (Wildman–Crippen LogP) is 5.61. The van der Waals surface area contributed by atoms with Gasteiger partial charge in [-0.15, -0.1) is 0 Å². The van der Waals surface area contributed by atoms with Crippen molar-refractivity contribution in [2.45, 2.75) is 0 Å². The predicted molar refractivity (Wildman–Crippen MR) is 136 cm³/mol. The summed E-state index contributed by atoms with van der Waals surface area (Å²) in [6.45, 7) is 0. The maximum Gasteiger partial charge on any atom is 0.337 e. The van der Waals surface area contributed by atoms with Crippen molar-refractivity contribution in [3.8, 4) is 22.5 Å². The van der Waals surface area contributed by atoms with Crippen LogP contribution in [0.1, 0.15) is 10.4 Å². The fourth-order valence-electron chi connectivity index (χ4n) is 3.80. The van der Waals surface area contributed by atoms with Crippen LogP contribution in [-0.2, 0) is 4.74 Å². The van der Waals surface area contributed by atoms with E-state index in [1.54, 1.807) is 12.1 Å². The molecule has 32 heavy (non-hydrogen) atoms. The van der Waals surface area contributed by atoms with Gasteiger partial charge in [0.2, 0.25) is 5.36 Å². The number of hydrogen-bond acceptors (Lipinski definition) is 4. The molecule has 0 fully saturated rings. The van der Waals surface area contributed by atoms with Crippen molar-refractivity contribution in [1.82, 2.24) is 4.58 Å². The third-order valence-corrected chi connectivity index (χ3v) is 6.69. The van der Waals surface area contributed by atoms with E-state index in [1.165, 1.54) is 7.11 Å². The van der Waals surface area contributed by atoms with Gasteiger partial charge in [0.15, 0.2) is 0 Å². The Morgan fingerprint density at radius 3 is 2.28 bits per heavy atom. The monoisotopic (exact) mass is 557 g/mol. The van der Waals surface area contributed by atoms with Crippen LogP contribution in [0.2, 0.25) is 0 Å². The number of fused-ring (bicyclic) bond motifs is 2. The van der Waals surface area contributed by atoms with Gasteiger partial charge in [0.05, 0.1) is 28.9 Å². The van der Waals surface area contributed by atoms with E-state index in [0.717, 1.165) is 53.4 Å². The first kappa shape index (κ1) is 22.6. The van der Waals surface area contributed by atoms with E-state index in [-0.39, 0.29) is 5.97 Å². The summed E-state index contributed by atoms with van der Waals surface area (Å²) in [7, 11) is 9.39. The van der Waals surface area contributed by atoms with Crippen LogP contribution < -0.4 is 14.8 Å². The number of rotatable bonds is 3. The minimum Gasteiger partial charge on any atom is -0.465 e. The SMILES string of the molecule is COC(=O)c1ccc(-c2c3cc(Br)c(=[N+](C)C)cc-3oc3cc(N(C)C)c(Br)cc23)cc1. The zero-order chi connectivity index (χ0) is 23.2. The molecule has 0 saturated heterocycles. The molecule has 0 saturated carbocycles. The highest BCUT2D eigenvalue weighted by Crippen LogP contribution is 2.43. The van der Waals surface area contributed by atoms with Crippen molar-refractivity contribution in [3.63, 3.8) is 0 Å². The lowest BCUT2D eigenvalue weighted by molar-refractivity contribution is 0.0601. The van der Waals surface area contributed by atoms with Gasteiger partial charge in [-0.1, -0.05) is 12.1 Å². The van der Waals surface area contributed by atoms with Gasteiger partial charge in [0.1, 0.15) is 25.4 Å². The number of carbonyl (C=O) groups excluding carboxylic acids is 1. The van der Waals surface area contributed by atoms with Gasteiger partial charge in [-0.3, -0.25) is 0 Å². The Morgan fingerprint density at radius 1 is 1.00 bits per heavy atom. The van der Waals surface area contributed by atoms with Gasteiger partial charge < -0.3 is 14.1 Å². The molecule has 1 aliphatic carbocycles. The molecule has 4 rings (SSSR count). The molecule has 0 spiro atoms. The first-order valence-corrected chi connectivity index (χ1v) is 11.6. The molecule has 0 bridgehead atoms. The molecule has 0 unspecified atom stereocenters. The van der Waals surface area contributed by atoms with Crippen LogP contribution in [0.4, 0.5) is 5.69 Å². The van der Waals surface area contributed by atoms with Crippen molar-refractivity contribution in [1.29, 1.82) is 0 Å². The smallest absolute Gasteiger partial charge is 0.337 e. The Balaban J connectivity index is 2.12. The molecule has 2 aromatic rings. The number of carbonyl (C=O) groups is 1. The third-order valence-electron chi connectivity index (χ3n) is 5.41. The number of esters is 1. The zero-order valence-corrected chi connectivity index (χ0v) is 21.7. The maximum atomic E-state index is 11.9. The summed E-state index contributed by atoms with van der Waals surface area (Å²) >= 11 is 7.43. The minimum absolute atomic E-state index is 0.355. The molecule has 5 nitrogen and oxygen atoms in total. The zero-order valence-electron chi connectivity index (χ0n) is 18.5. The summed E-state index contributed by atoms with van der Waals surface area (Å²) in [6, 6.07) is 15.7. The van der Waals surface area contributed by atoms with Crippen molar-refractivity contribution in [3.05, 3.63) is 68.4 Å². The number of anilines is 1. The Kier molecular flexibility index (Phi) is 6.14. The standard InChI is InChI=1S/C25H23Br2N2O3/c1-28(2)20-12-22-16(10-18(20)26)24(14-6-8-15(9-7-14)25(30)31-5)17-11-19(27)21(29(3)4)13-23(17)32-22/h6-13H,1-5H3/q+1. The quantitative estimate of drug-likeness (QED) is 0.186. The molecule has 2 aliphatic rings. The number of hydrogen-bond donors (Lipinski definition) is 0. The molecular formula is C25H23Br2N2O3+. The van der Waals surface area contributed by atoms with Crippen LogP contribution in [0.5, 0.6) is 0 Å². The molecule has 0 amide bonds. The number of nitrogens with zero attached hydrogens (tertiary/aromatic N) is 2. The van der Waals surface area contributed by atoms with E-state index >= 15 is 0 Å². The fourth-order valence-corrected chi connectivity index (χ4v) is 5.19. The Bertz CT molecular complexity index is 1390. The van der Waals surface area contributed by atoms with Crippen LogP contribution in [0, 0.1) is 0 Å². The minimum atomic E-state index is -0.355. The van der Waals surface area contributed by atoms with E-state index in [4.69, 9.17) is 9.15 Å². The molecular weight excluding hydrogens is 536 g/mol. The van der Waals surface area contributed by atoms with Crippen molar-refractivity contribution in [2.24, 2.45) is 0 Å². The molecule has 2 aromatic carbocycles. The van der Waals surface area contributed by atoms with Crippen molar-refractivity contribution in [2.75, 3.05) is 40.2 Å². The van der Waals surface area contributed by atoms with Gasteiger partial charge in [0, 0.05) is 41.1 Å². The third kappa shape index (κ3) is 3.95. The lowest BCUT2D eigenvalue weighted by Gasteiger charge is -2.19. The number of methoxy groups -OCH3 is 1. The normalized spacial score (nSPS) is 11.1. The van der Waals surface area contributed by atoms with Crippen LogP contribution in [0.15, 0.2) is 61.9 Å². The molecule has 7 heteroatoms. The summed E-state index contributed by atoms with van der Waals surface area (Å²) in [5.41, 5.74) is 5.32. The van der Waals surface area contributed by atoms with E-state index in [0.29, 0.717) is 5.56 Å². The maximum absolute atomic E-state index is 11.9. The Labute approximate surface area is 203 Å². The lowest BCUT2D eigenvalue weighted by Crippen LogP contribution is -2.23. The first-order chi connectivity index (χ1) is 15.2. The van der Waals surface area contributed by atoms with E-state index in [9.17, 15) is 4.79 Å². The van der Waals surface area contributed by atoms with Crippen LogP contribution in [0.3, 0.4) is 0 Å².